The predicted molar refractivity (Wildman–Crippen MR) is 60.2 cm³/mol. The summed E-state index contributed by atoms with van der Waals surface area (Å²) in [6.07, 6.45) is 2.31. The van der Waals surface area contributed by atoms with Gasteiger partial charge in [0.05, 0.1) is 24.0 Å². The Balaban J connectivity index is 2.18. The largest absolute Gasteiger partial charge is 0.476 e. The molecule has 0 saturated carbocycles. The molecule has 1 aromatic heterocycles. The molecule has 88 valence electrons. The van der Waals surface area contributed by atoms with Gasteiger partial charge >= 0.3 is 5.97 Å². The van der Waals surface area contributed by atoms with Crippen LogP contribution in [0.5, 0.6) is 11.6 Å². The second-order valence-electron chi connectivity index (χ2n) is 3.29. The Kier molecular flexibility index (Phi) is 3.16. The molecule has 2 aromatic rings. The van der Waals surface area contributed by atoms with E-state index in [4.69, 9.17) is 15.1 Å². The van der Waals surface area contributed by atoms with E-state index < -0.39 is 5.97 Å². The molecule has 0 unspecified atom stereocenters. The monoisotopic (exact) mass is 241 g/mol. The Bertz CT molecular complexity index is 617. The molecule has 6 nitrogen and oxygen atoms in total. The van der Waals surface area contributed by atoms with Gasteiger partial charge in [-0.15, -0.1) is 0 Å². The second-order valence-corrected chi connectivity index (χ2v) is 3.29. The van der Waals surface area contributed by atoms with Crippen LogP contribution < -0.4 is 4.74 Å². The normalized spacial score (nSPS) is 9.50. The summed E-state index contributed by atoms with van der Waals surface area (Å²) in [6.45, 7) is 0. The molecule has 0 aliphatic carbocycles. The Morgan fingerprint density at radius 3 is 2.78 bits per heavy atom. The van der Waals surface area contributed by atoms with Gasteiger partial charge in [-0.25, -0.2) is 14.8 Å². The maximum atomic E-state index is 10.6. The van der Waals surface area contributed by atoms with Crippen molar-refractivity contribution < 1.29 is 14.6 Å². The molecule has 0 aliphatic rings. The smallest absolute Gasteiger partial charge is 0.356 e. The number of carboxylic acid groups (broad SMARTS) is 1. The first-order valence-electron chi connectivity index (χ1n) is 4.92. The van der Waals surface area contributed by atoms with Crippen LogP contribution in [0.3, 0.4) is 0 Å². The minimum atomic E-state index is -1.15. The molecule has 0 saturated heterocycles. The molecular formula is C12H7N3O3. The molecule has 0 fully saturated rings. The Morgan fingerprint density at radius 2 is 2.17 bits per heavy atom. The zero-order valence-electron chi connectivity index (χ0n) is 9.07. The molecule has 0 atom stereocenters. The highest BCUT2D eigenvalue weighted by Crippen LogP contribution is 2.19. The topological polar surface area (TPSA) is 96.1 Å². The lowest BCUT2D eigenvalue weighted by Gasteiger charge is -2.04. The van der Waals surface area contributed by atoms with E-state index in [9.17, 15) is 4.79 Å². The number of hydrogen-bond acceptors (Lipinski definition) is 5. The van der Waals surface area contributed by atoms with E-state index in [0.717, 1.165) is 6.20 Å². The summed E-state index contributed by atoms with van der Waals surface area (Å²) in [4.78, 5) is 18.0. The van der Waals surface area contributed by atoms with Crippen LogP contribution >= 0.6 is 0 Å². The molecule has 0 radical (unpaired) electrons. The first-order chi connectivity index (χ1) is 8.69. The molecular weight excluding hydrogens is 234 g/mol. The van der Waals surface area contributed by atoms with Crippen LogP contribution in [0.2, 0.25) is 0 Å². The maximum absolute atomic E-state index is 10.6. The average molecular weight is 241 g/mol. The van der Waals surface area contributed by atoms with Crippen LogP contribution in [0.4, 0.5) is 0 Å². The van der Waals surface area contributed by atoms with Gasteiger partial charge in [-0.3, -0.25) is 0 Å². The van der Waals surface area contributed by atoms with Crippen LogP contribution in [0, 0.1) is 11.3 Å². The molecule has 0 aliphatic heterocycles. The van der Waals surface area contributed by atoms with Crippen molar-refractivity contribution in [2.45, 2.75) is 0 Å². The molecule has 1 aromatic carbocycles. The summed E-state index contributed by atoms with van der Waals surface area (Å²) in [6, 6.07) is 8.51. The van der Waals surface area contributed by atoms with Gasteiger partial charge < -0.3 is 9.84 Å². The molecule has 1 heterocycles. The van der Waals surface area contributed by atoms with Crippen LogP contribution in [0.1, 0.15) is 16.1 Å². The van der Waals surface area contributed by atoms with Gasteiger partial charge in [0.15, 0.2) is 5.69 Å². The number of carbonyl (C=O) groups is 1. The number of nitriles is 1. The molecule has 18 heavy (non-hydrogen) atoms. The fourth-order valence-electron chi connectivity index (χ4n) is 1.23. The van der Waals surface area contributed by atoms with Crippen molar-refractivity contribution in [2.75, 3.05) is 0 Å². The third-order valence-corrected chi connectivity index (χ3v) is 2.03. The first kappa shape index (κ1) is 11.5. The van der Waals surface area contributed by atoms with Crippen molar-refractivity contribution in [3.8, 4) is 17.7 Å². The van der Waals surface area contributed by atoms with Crippen LogP contribution in [0.15, 0.2) is 36.7 Å². The molecule has 0 spiro atoms. The minimum Gasteiger partial charge on any atom is -0.476 e. The van der Waals surface area contributed by atoms with Gasteiger partial charge in [0.1, 0.15) is 5.75 Å². The van der Waals surface area contributed by atoms with E-state index in [1.54, 1.807) is 24.3 Å². The van der Waals surface area contributed by atoms with Gasteiger partial charge in [0, 0.05) is 0 Å². The summed E-state index contributed by atoms with van der Waals surface area (Å²) < 4.78 is 5.34. The standard InChI is InChI=1S/C12H7N3O3/c13-5-8-2-1-3-9(4-8)18-11-7-14-10(6-15-11)12(16)17/h1-4,6-7H,(H,16,17). The predicted octanol–water partition coefficient (Wildman–Crippen LogP) is 1.84. The summed E-state index contributed by atoms with van der Waals surface area (Å²) in [5.41, 5.74) is 0.302. The van der Waals surface area contributed by atoms with E-state index in [1.807, 2.05) is 6.07 Å². The number of ether oxygens (including phenoxy) is 1. The minimum absolute atomic E-state index is 0.159. The Labute approximate surface area is 102 Å². The quantitative estimate of drug-likeness (QED) is 0.880. The lowest BCUT2D eigenvalue weighted by molar-refractivity contribution is 0.0690. The zero-order valence-corrected chi connectivity index (χ0v) is 9.07. The molecule has 0 bridgehead atoms. The average Bonchev–Trinajstić information content (AvgIpc) is 2.39. The van der Waals surface area contributed by atoms with E-state index in [-0.39, 0.29) is 11.6 Å². The van der Waals surface area contributed by atoms with Crippen LogP contribution in [0.25, 0.3) is 0 Å². The lowest BCUT2D eigenvalue weighted by Crippen LogP contribution is -2.01. The number of rotatable bonds is 3. The lowest BCUT2D eigenvalue weighted by atomic mass is 10.2. The van der Waals surface area contributed by atoms with Crippen LogP contribution in [-0.4, -0.2) is 21.0 Å². The number of aromatic nitrogens is 2. The number of carboxylic acids is 1. The van der Waals surface area contributed by atoms with E-state index in [0.29, 0.717) is 11.3 Å². The maximum Gasteiger partial charge on any atom is 0.356 e. The SMILES string of the molecule is N#Cc1cccc(Oc2cnc(C(=O)O)cn2)c1. The fraction of sp³-hybridized carbons (Fsp3) is 0. The van der Waals surface area contributed by atoms with Crippen molar-refractivity contribution in [2.24, 2.45) is 0 Å². The summed E-state index contributed by atoms with van der Waals surface area (Å²) in [7, 11) is 0. The van der Waals surface area contributed by atoms with Gasteiger partial charge in [-0.1, -0.05) is 6.07 Å². The summed E-state index contributed by atoms with van der Waals surface area (Å²) >= 11 is 0. The Morgan fingerprint density at radius 1 is 1.33 bits per heavy atom. The van der Waals surface area contributed by atoms with Crippen molar-refractivity contribution in [1.82, 2.24) is 9.97 Å². The van der Waals surface area contributed by atoms with Crippen molar-refractivity contribution in [1.29, 1.82) is 5.26 Å². The third kappa shape index (κ3) is 2.59. The Hall–Kier alpha value is -2.94. The fourth-order valence-corrected chi connectivity index (χ4v) is 1.23. The number of nitrogens with zero attached hydrogens (tertiary/aromatic N) is 3. The highest BCUT2D eigenvalue weighted by atomic mass is 16.5. The van der Waals surface area contributed by atoms with E-state index in [1.165, 1.54) is 6.20 Å². The van der Waals surface area contributed by atoms with Crippen molar-refractivity contribution >= 4 is 5.97 Å². The number of hydrogen-bond donors (Lipinski definition) is 1. The molecule has 0 amide bonds. The van der Waals surface area contributed by atoms with Crippen molar-refractivity contribution in [3.05, 3.63) is 47.9 Å². The number of benzene rings is 1. The number of aromatic carboxylic acids is 1. The molecule has 2 rings (SSSR count). The second kappa shape index (κ2) is 4.93. The first-order valence-corrected chi connectivity index (χ1v) is 4.92. The van der Waals surface area contributed by atoms with Gasteiger partial charge in [-0.2, -0.15) is 5.26 Å². The highest BCUT2D eigenvalue weighted by molar-refractivity contribution is 5.84. The highest BCUT2D eigenvalue weighted by Gasteiger charge is 2.06. The van der Waals surface area contributed by atoms with Gasteiger partial charge in [0.25, 0.3) is 0 Å². The summed E-state index contributed by atoms with van der Waals surface area (Å²) in [5.74, 6) is -0.554. The van der Waals surface area contributed by atoms with Gasteiger partial charge in [-0.05, 0) is 18.2 Å². The molecule has 1 N–H and O–H groups in total. The van der Waals surface area contributed by atoms with E-state index >= 15 is 0 Å². The summed E-state index contributed by atoms with van der Waals surface area (Å²) in [5, 5.41) is 17.4. The van der Waals surface area contributed by atoms with E-state index in [2.05, 4.69) is 9.97 Å². The third-order valence-electron chi connectivity index (χ3n) is 2.03. The van der Waals surface area contributed by atoms with Crippen LogP contribution in [-0.2, 0) is 0 Å². The van der Waals surface area contributed by atoms with Gasteiger partial charge in [0.2, 0.25) is 5.88 Å². The molecule has 6 heteroatoms. The zero-order chi connectivity index (χ0) is 13.0. The van der Waals surface area contributed by atoms with Crippen molar-refractivity contribution in [3.63, 3.8) is 0 Å².